The Balaban J connectivity index is 1.69. The fraction of sp³-hybridized carbons (Fsp3) is 0.389. The normalized spacial score (nSPS) is 18.8. The molecule has 1 aromatic heterocycles. The highest BCUT2D eigenvalue weighted by molar-refractivity contribution is 5.55. The van der Waals surface area contributed by atoms with Crippen LogP contribution >= 0.6 is 0 Å². The minimum Gasteiger partial charge on any atom is -0.340 e. The number of hydrogen-bond acceptors (Lipinski definition) is 3. The molecular weight excluding hydrogens is 258 g/mol. The lowest BCUT2D eigenvalue weighted by molar-refractivity contribution is 0.257. The summed E-state index contributed by atoms with van der Waals surface area (Å²) in [6.07, 6.45) is 5.81. The van der Waals surface area contributed by atoms with Crippen LogP contribution in [0.3, 0.4) is 0 Å². The van der Waals surface area contributed by atoms with Gasteiger partial charge in [-0.25, -0.2) is 4.98 Å². The van der Waals surface area contributed by atoms with Crippen molar-refractivity contribution in [3.63, 3.8) is 0 Å². The molecule has 0 spiro atoms. The standard InChI is InChI=1S/C18H23N3/c1-2-12-21-13-6-9-17(21)15-10-11-18(19-14-15)20-16-7-4-3-5-8-16/h3-5,7-8,10-11,14,17H,2,6,9,12-13H2,1H3,(H,19,20)/t17-/m1/s1. The first-order valence-electron chi connectivity index (χ1n) is 7.89. The van der Waals surface area contributed by atoms with Crippen molar-refractivity contribution in [2.24, 2.45) is 0 Å². The van der Waals surface area contributed by atoms with E-state index in [1.54, 1.807) is 0 Å². The topological polar surface area (TPSA) is 28.2 Å². The summed E-state index contributed by atoms with van der Waals surface area (Å²) in [7, 11) is 0. The third-order valence-corrected chi connectivity index (χ3v) is 4.09. The molecule has 3 heteroatoms. The molecule has 3 rings (SSSR count). The average molecular weight is 281 g/mol. The van der Waals surface area contributed by atoms with Crippen molar-refractivity contribution in [2.45, 2.75) is 32.2 Å². The Kier molecular flexibility index (Phi) is 4.51. The maximum Gasteiger partial charge on any atom is 0.130 e. The van der Waals surface area contributed by atoms with Gasteiger partial charge in [-0.1, -0.05) is 31.2 Å². The van der Waals surface area contributed by atoms with Gasteiger partial charge in [0.2, 0.25) is 0 Å². The Bertz CT molecular complexity index is 550. The van der Waals surface area contributed by atoms with Gasteiger partial charge in [-0.3, -0.25) is 4.90 Å². The minimum absolute atomic E-state index is 0.559. The monoisotopic (exact) mass is 281 g/mol. The van der Waals surface area contributed by atoms with Gasteiger partial charge in [0.15, 0.2) is 0 Å². The van der Waals surface area contributed by atoms with E-state index in [1.807, 2.05) is 24.4 Å². The van der Waals surface area contributed by atoms with E-state index in [2.05, 4.69) is 46.4 Å². The molecular formula is C18H23N3. The van der Waals surface area contributed by atoms with Gasteiger partial charge in [0, 0.05) is 17.9 Å². The van der Waals surface area contributed by atoms with Gasteiger partial charge in [-0.05, 0) is 56.1 Å². The molecule has 2 heterocycles. The zero-order valence-corrected chi connectivity index (χ0v) is 12.6. The molecule has 1 atom stereocenters. The Morgan fingerprint density at radius 2 is 2.05 bits per heavy atom. The van der Waals surface area contributed by atoms with E-state index in [0.717, 1.165) is 11.5 Å². The van der Waals surface area contributed by atoms with Gasteiger partial charge >= 0.3 is 0 Å². The first-order valence-corrected chi connectivity index (χ1v) is 7.89. The molecule has 110 valence electrons. The molecule has 1 fully saturated rings. The second kappa shape index (κ2) is 6.72. The van der Waals surface area contributed by atoms with Crippen molar-refractivity contribution < 1.29 is 0 Å². The molecule has 1 N–H and O–H groups in total. The molecule has 0 aliphatic carbocycles. The third kappa shape index (κ3) is 3.42. The van der Waals surface area contributed by atoms with E-state index >= 15 is 0 Å². The van der Waals surface area contributed by atoms with Crippen LogP contribution in [0.15, 0.2) is 48.7 Å². The Hall–Kier alpha value is -1.87. The van der Waals surface area contributed by atoms with Gasteiger partial charge in [-0.2, -0.15) is 0 Å². The summed E-state index contributed by atoms with van der Waals surface area (Å²) in [5.41, 5.74) is 2.42. The predicted octanol–water partition coefficient (Wildman–Crippen LogP) is 4.37. The molecule has 0 amide bonds. The number of para-hydroxylation sites is 1. The first kappa shape index (κ1) is 14.1. The summed E-state index contributed by atoms with van der Waals surface area (Å²) in [5, 5.41) is 3.33. The van der Waals surface area contributed by atoms with E-state index in [9.17, 15) is 0 Å². The Morgan fingerprint density at radius 1 is 1.19 bits per heavy atom. The van der Waals surface area contributed by atoms with E-state index in [0.29, 0.717) is 6.04 Å². The number of pyridine rings is 1. The number of aromatic nitrogens is 1. The van der Waals surface area contributed by atoms with Crippen LogP contribution in [0.5, 0.6) is 0 Å². The highest BCUT2D eigenvalue weighted by Crippen LogP contribution is 2.31. The molecule has 21 heavy (non-hydrogen) atoms. The van der Waals surface area contributed by atoms with Crippen molar-refractivity contribution in [3.05, 3.63) is 54.2 Å². The zero-order chi connectivity index (χ0) is 14.5. The second-order valence-corrected chi connectivity index (χ2v) is 5.66. The highest BCUT2D eigenvalue weighted by Gasteiger charge is 2.25. The number of hydrogen-bond donors (Lipinski definition) is 1. The van der Waals surface area contributed by atoms with Crippen LogP contribution in [0.2, 0.25) is 0 Å². The maximum atomic E-state index is 4.58. The fourth-order valence-electron chi connectivity index (χ4n) is 3.10. The van der Waals surface area contributed by atoms with Crippen LogP contribution in [0.25, 0.3) is 0 Å². The molecule has 0 unspecified atom stereocenters. The SMILES string of the molecule is CCCN1CCC[C@@H]1c1ccc(Nc2ccccc2)nc1. The summed E-state index contributed by atoms with van der Waals surface area (Å²) in [6.45, 7) is 4.66. The number of nitrogens with zero attached hydrogens (tertiary/aromatic N) is 2. The first-order chi connectivity index (χ1) is 10.4. The summed E-state index contributed by atoms with van der Waals surface area (Å²) in [5.74, 6) is 0.907. The second-order valence-electron chi connectivity index (χ2n) is 5.66. The van der Waals surface area contributed by atoms with Gasteiger partial charge in [0.25, 0.3) is 0 Å². The van der Waals surface area contributed by atoms with Crippen LogP contribution in [0.1, 0.15) is 37.8 Å². The smallest absolute Gasteiger partial charge is 0.130 e. The van der Waals surface area contributed by atoms with Crippen molar-refractivity contribution >= 4 is 11.5 Å². The van der Waals surface area contributed by atoms with Gasteiger partial charge < -0.3 is 5.32 Å². The molecule has 1 aromatic carbocycles. The Morgan fingerprint density at radius 3 is 2.76 bits per heavy atom. The molecule has 0 radical (unpaired) electrons. The van der Waals surface area contributed by atoms with Crippen molar-refractivity contribution in [1.29, 1.82) is 0 Å². The van der Waals surface area contributed by atoms with Crippen LogP contribution in [0, 0.1) is 0 Å². The van der Waals surface area contributed by atoms with Crippen LogP contribution < -0.4 is 5.32 Å². The van der Waals surface area contributed by atoms with Crippen LogP contribution in [-0.4, -0.2) is 23.0 Å². The third-order valence-electron chi connectivity index (χ3n) is 4.09. The van der Waals surface area contributed by atoms with Crippen LogP contribution in [0.4, 0.5) is 11.5 Å². The largest absolute Gasteiger partial charge is 0.340 e. The van der Waals surface area contributed by atoms with Gasteiger partial charge in [0.05, 0.1) is 0 Å². The van der Waals surface area contributed by atoms with Crippen molar-refractivity contribution in [3.8, 4) is 0 Å². The van der Waals surface area contributed by atoms with Crippen LogP contribution in [-0.2, 0) is 0 Å². The fourth-order valence-corrected chi connectivity index (χ4v) is 3.10. The Labute approximate surface area is 127 Å². The van der Waals surface area contributed by atoms with E-state index in [-0.39, 0.29) is 0 Å². The summed E-state index contributed by atoms with van der Waals surface area (Å²) in [6, 6.07) is 15.0. The number of rotatable bonds is 5. The molecule has 1 saturated heterocycles. The minimum atomic E-state index is 0.559. The number of anilines is 2. The molecule has 1 aliphatic rings. The summed E-state index contributed by atoms with van der Waals surface area (Å²) >= 11 is 0. The maximum absolute atomic E-state index is 4.58. The molecule has 0 saturated carbocycles. The molecule has 2 aromatic rings. The quantitative estimate of drug-likeness (QED) is 0.882. The number of nitrogens with one attached hydrogen (secondary N) is 1. The van der Waals surface area contributed by atoms with E-state index in [4.69, 9.17) is 0 Å². The lowest BCUT2D eigenvalue weighted by Crippen LogP contribution is -2.24. The van der Waals surface area contributed by atoms with Crippen molar-refractivity contribution in [2.75, 3.05) is 18.4 Å². The lowest BCUT2D eigenvalue weighted by Gasteiger charge is -2.24. The lowest BCUT2D eigenvalue weighted by atomic mass is 10.1. The summed E-state index contributed by atoms with van der Waals surface area (Å²) in [4.78, 5) is 7.16. The van der Waals surface area contributed by atoms with E-state index < -0.39 is 0 Å². The van der Waals surface area contributed by atoms with Crippen molar-refractivity contribution in [1.82, 2.24) is 9.88 Å². The van der Waals surface area contributed by atoms with E-state index in [1.165, 1.54) is 37.9 Å². The van der Waals surface area contributed by atoms with Gasteiger partial charge in [0.1, 0.15) is 5.82 Å². The predicted molar refractivity (Wildman–Crippen MR) is 87.8 cm³/mol. The average Bonchev–Trinajstić information content (AvgIpc) is 2.98. The highest BCUT2D eigenvalue weighted by atomic mass is 15.2. The number of likely N-dealkylation sites (tertiary alicyclic amines) is 1. The molecule has 1 aliphatic heterocycles. The molecule has 3 nitrogen and oxygen atoms in total. The van der Waals surface area contributed by atoms with Gasteiger partial charge in [-0.15, -0.1) is 0 Å². The molecule has 0 bridgehead atoms. The zero-order valence-electron chi connectivity index (χ0n) is 12.6. The summed E-state index contributed by atoms with van der Waals surface area (Å²) < 4.78 is 0. The number of benzene rings is 1.